The summed E-state index contributed by atoms with van der Waals surface area (Å²) in [6, 6.07) is 7.71. The van der Waals surface area contributed by atoms with Gasteiger partial charge in [-0.05, 0) is 24.1 Å². The van der Waals surface area contributed by atoms with Crippen LogP contribution < -0.4 is 5.32 Å². The van der Waals surface area contributed by atoms with Crippen LogP contribution in [0.2, 0.25) is 5.02 Å². The van der Waals surface area contributed by atoms with Crippen LogP contribution in [0.25, 0.3) is 0 Å². The van der Waals surface area contributed by atoms with E-state index in [-0.39, 0.29) is 12.1 Å². The monoisotopic (exact) mass is 241 g/mol. The van der Waals surface area contributed by atoms with Crippen molar-refractivity contribution in [2.75, 3.05) is 26.4 Å². The Labute approximate surface area is 100 Å². The Morgan fingerprint density at radius 1 is 1.50 bits per heavy atom. The van der Waals surface area contributed by atoms with Crippen molar-refractivity contribution < 1.29 is 9.84 Å². The average molecular weight is 242 g/mol. The first-order valence-corrected chi connectivity index (χ1v) is 5.80. The summed E-state index contributed by atoms with van der Waals surface area (Å²) in [5.41, 5.74) is 0.752. The van der Waals surface area contributed by atoms with Crippen LogP contribution in [0.1, 0.15) is 5.56 Å². The fourth-order valence-corrected chi connectivity index (χ4v) is 2.23. The van der Waals surface area contributed by atoms with Crippen molar-refractivity contribution in [2.24, 2.45) is 0 Å². The second-order valence-corrected chi connectivity index (χ2v) is 4.66. The molecule has 2 N–H and O–H groups in total. The van der Waals surface area contributed by atoms with Crippen molar-refractivity contribution in [2.45, 2.75) is 12.0 Å². The standard InChI is InChI=1S/C12H16ClNO2/c13-11-3-1-2-10(6-11)7-12(8-15)9-16-5-4-14-12/h1-3,6,14-15H,4-5,7-9H2. The Kier molecular flexibility index (Phi) is 3.82. The summed E-state index contributed by atoms with van der Waals surface area (Å²) in [5.74, 6) is 0. The molecule has 1 aromatic rings. The molecular weight excluding hydrogens is 226 g/mol. The molecule has 3 nitrogen and oxygen atoms in total. The van der Waals surface area contributed by atoms with Crippen LogP contribution in [-0.2, 0) is 11.2 Å². The van der Waals surface area contributed by atoms with Crippen molar-refractivity contribution >= 4 is 11.6 Å². The number of rotatable bonds is 3. The maximum absolute atomic E-state index is 9.50. The number of halogens is 1. The van der Waals surface area contributed by atoms with Crippen LogP contribution in [0.15, 0.2) is 24.3 Å². The zero-order chi connectivity index (χ0) is 11.4. The number of aliphatic hydroxyl groups is 1. The van der Waals surface area contributed by atoms with Crippen LogP contribution in [0.5, 0.6) is 0 Å². The largest absolute Gasteiger partial charge is 0.394 e. The molecule has 4 heteroatoms. The fourth-order valence-electron chi connectivity index (χ4n) is 2.02. The van der Waals surface area contributed by atoms with Gasteiger partial charge in [0.2, 0.25) is 0 Å². The molecule has 16 heavy (non-hydrogen) atoms. The molecule has 1 unspecified atom stereocenters. The van der Waals surface area contributed by atoms with Crippen molar-refractivity contribution in [1.29, 1.82) is 0 Å². The third-order valence-electron chi connectivity index (χ3n) is 2.86. The van der Waals surface area contributed by atoms with Gasteiger partial charge in [0.25, 0.3) is 0 Å². The number of hydrogen-bond donors (Lipinski definition) is 2. The number of morpholine rings is 1. The highest BCUT2D eigenvalue weighted by atomic mass is 35.5. The van der Waals surface area contributed by atoms with E-state index in [0.717, 1.165) is 23.6 Å². The minimum atomic E-state index is -0.358. The lowest BCUT2D eigenvalue weighted by atomic mass is 9.91. The van der Waals surface area contributed by atoms with Gasteiger partial charge in [-0.1, -0.05) is 23.7 Å². The molecule has 1 aliphatic rings. The Hall–Kier alpha value is -0.610. The van der Waals surface area contributed by atoms with E-state index in [4.69, 9.17) is 16.3 Å². The molecule has 0 radical (unpaired) electrons. The van der Waals surface area contributed by atoms with Crippen LogP contribution >= 0.6 is 11.6 Å². The van der Waals surface area contributed by atoms with Crippen LogP contribution in [0.4, 0.5) is 0 Å². The molecule has 1 aromatic carbocycles. The quantitative estimate of drug-likeness (QED) is 0.837. The van der Waals surface area contributed by atoms with Gasteiger partial charge >= 0.3 is 0 Å². The topological polar surface area (TPSA) is 41.5 Å². The molecule has 0 amide bonds. The maximum atomic E-state index is 9.50. The minimum absolute atomic E-state index is 0.0690. The molecule has 1 fully saturated rings. The minimum Gasteiger partial charge on any atom is -0.394 e. The molecule has 1 saturated heterocycles. The lowest BCUT2D eigenvalue weighted by molar-refractivity contribution is -0.000717. The second-order valence-electron chi connectivity index (χ2n) is 4.22. The number of ether oxygens (including phenoxy) is 1. The van der Waals surface area contributed by atoms with Crippen molar-refractivity contribution in [3.63, 3.8) is 0 Å². The van der Waals surface area contributed by atoms with Gasteiger partial charge in [0.1, 0.15) is 0 Å². The fraction of sp³-hybridized carbons (Fsp3) is 0.500. The van der Waals surface area contributed by atoms with Gasteiger partial charge in [0.15, 0.2) is 0 Å². The lowest BCUT2D eigenvalue weighted by Crippen LogP contribution is -2.58. The predicted molar refractivity (Wildman–Crippen MR) is 63.8 cm³/mol. The highest BCUT2D eigenvalue weighted by Gasteiger charge is 2.31. The smallest absolute Gasteiger partial charge is 0.0692 e. The summed E-state index contributed by atoms with van der Waals surface area (Å²) in [7, 11) is 0. The Balaban J connectivity index is 2.11. The molecule has 1 heterocycles. The van der Waals surface area contributed by atoms with Gasteiger partial charge in [-0.15, -0.1) is 0 Å². The van der Waals surface area contributed by atoms with E-state index in [1.54, 1.807) is 0 Å². The highest BCUT2D eigenvalue weighted by molar-refractivity contribution is 6.30. The first kappa shape index (κ1) is 11.9. The molecule has 1 aliphatic heterocycles. The summed E-state index contributed by atoms with van der Waals surface area (Å²) < 4.78 is 5.42. The van der Waals surface area contributed by atoms with E-state index < -0.39 is 0 Å². The first-order chi connectivity index (χ1) is 7.74. The van der Waals surface area contributed by atoms with E-state index in [0.29, 0.717) is 13.2 Å². The highest BCUT2D eigenvalue weighted by Crippen LogP contribution is 2.19. The lowest BCUT2D eigenvalue weighted by Gasteiger charge is -2.36. The molecular formula is C12H16ClNO2. The summed E-state index contributed by atoms with van der Waals surface area (Å²) >= 11 is 5.94. The number of aliphatic hydroxyl groups excluding tert-OH is 1. The van der Waals surface area contributed by atoms with E-state index >= 15 is 0 Å². The Morgan fingerprint density at radius 2 is 2.38 bits per heavy atom. The van der Waals surface area contributed by atoms with Gasteiger partial charge in [0, 0.05) is 11.6 Å². The van der Waals surface area contributed by atoms with Crippen LogP contribution in [0.3, 0.4) is 0 Å². The normalized spacial score (nSPS) is 25.6. The summed E-state index contributed by atoms with van der Waals surface area (Å²) in [5, 5.41) is 13.6. The van der Waals surface area contributed by atoms with Crippen molar-refractivity contribution in [3.8, 4) is 0 Å². The van der Waals surface area contributed by atoms with Crippen molar-refractivity contribution in [3.05, 3.63) is 34.9 Å². The Morgan fingerprint density at radius 3 is 3.00 bits per heavy atom. The molecule has 88 valence electrons. The average Bonchev–Trinajstić information content (AvgIpc) is 2.30. The number of hydrogen-bond acceptors (Lipinski definition) is 3. The summed E-state index contributed by atoms with van der Waals surface area (Å²) in [4.78, 5) is 0. The third kappa shape index (κ3) is 2.74. The zero-order valence-corrected chi connectivity index (χ0v) is 9.83. The van der Waals surface area contributed by atoms with E-state index in [1.807, 2.05) is 24.3 Å². The second kappa shape index (κ2) is 5.15. The molecule has 0 spiro atoms. The van der Waals surface area contributed by atoms with Gasteiger partial charge < -0.3 is 15.2 Å². The SMILES string of the molecule is OCC1(Cc2cccc(Cl)c2)COCCN1. The molecule has 0 aliphatic carbocycles. The van der Waals surface area contributed by atoms with Crippen LogP contribution in [-0.4, -0.2) is 37.0 Å². The van der Waals surface area contributed by atoms with E-state index in [2.05, 4.69) is 5.32 Å². The van der Waals surface area contributed by atoms with Crippen LogP contribution in [0, 0.1) is 0 Å². The van der Waals surface area contributed by atoms with E-state index in [9.17, 15) is 5.11 Å². The number of nitrogens with one attached hydrogen (secondary N) is 1. The predicted octanol–water partition coefficient (Wildman–Crippen LogP) is 1.23. The summed E-state index contributed by atoms with van der Waals surface area (Å²) in [6.07, 6.45) is 0.726. The molecule has 0 bridgehead atoms. The molecule has 0 saturated carbocycles. The first-order valence-electron chi connectivity index (χ1n) is 5.42. The molecule has 2 rings (SSSR count). The van der Waals surface area contributed by atoms with E-state index in [1.165, 1.54) is 0 Å². The van der Waals surface area contributed by atoms with Gasteiger partial charge in [-0.2, -0.15) is 0 Å². The maximum Gasteiger partial charge on any atom is 0.0692 e. The third-order valence-corrected chi connectivity index (χ3v) is 3.09. The van der Waals surface area contributed by atoms with Gasteiger partial charge in [-0.25, -0.2) is 0 Å². The Bertz CT molecular complexity index is 351. The van der Waals surface area contributed by atoms with Crippen molar-refractivity contribution in [1.82, 2.24) is 5.32 Å². The van der Waals surface area contributed by atoms with Gasteiger partial charge in [-0.3, -0.25) is 0 Å². The van der Waals surface area contributed by atoms with Gasteiger partial charge in [0.05, 0.1) is 25.4 Å². The zero-order valence-electron chi connectivity index (χ0n) is 9.08. The molecule has 1 atom stereocenters. The number of benzene rings is 1. The molecule has 0 aromatic heterocycles. The summed E-state index contributed by atoms with van der Waals surface area (Å²) in [6.45, 7) is 2.09.